The van der Waals surface area contributed by atoms with Gasteiger partial charge in [-0.05, 0) is 82.4 Å². The Morgan fingerprint density at radius 1 is 1.18 bits per heavy atom. The topological polar surface area (TPSA) is 79.3 Å². The highest BCUT2D eigenvalue weighted by Crippen LogP contribution is 2.41. The highest BCUT2D eigenvalue weighted by Gasteiger charge is 2.45. The number of aliphatic hydroxyl groups excluding tert-OH is 1. The van der Waals surface area contributed by atoms with E-state index in [9.17, 15) is 14.7 Å². The first-order valence-corrected chi connectivity index (χ1v) is 11.8. The molecule has 2 unspecified atom stereocenters. The molecular formula is C27H32N2O5. The summed E-state index contributed by atoms with van der Waals surface area (Å²) in [7, 11) is 3.94. The largest absolute Gasteiger partial charge is 0.507 e. The second-order valence-electron chi connectivity index (χ2n) is 9.11. The molecule has 1 saturated heterocycles. The molecule has 4 rings (SSSR count). The summed E-state index contributed by atoms with van der Waals surface area (Å²) in [6.07, 6.45) is 1.51. The van der Waals surface area contributed by atoms with Crippen LogP contribution in [0.25, 0.3) is 5.76 Å². The van der Waals surface area contributed by atoms with Gasteiger partial charge in [-0.1, -0.05) is 12.1 Å². The average molecular weight is 465 g/mol. The van der Waals surface area contributed by atoms with Crippen molar-refractivity contribution in [2.45, 2.75) is 38.8 Å². The third-order valence-corrected chi connectivity index (χ3v) is 6.22. The van der Waals surface area contributed by atoms with Crippen LogP contribution in [-0.2, 0) is 16.0 Å². The van der Waals surface area contributed by atoms with Crippen LogP contribution in [-0.4, -0.2) is 66.5 Å². The molecule has 2 aromatic rings. The van der Waals surface area contributed by atoms with Crippen molar-refractivity contribution < 1.29 is 24.2 Å². The van der Waals surface area contributed by atoms with E-state index in [-0.39, 0.29) is 17.4 Å². The van der Waals surface area contributed by atoms with E-state index in [1.807, 2.05) is 69.2 Å². The van der Waals surface area contributed by atoms with Crippen LogP contribution in [0.3, 0.4) is 0 Å². The lowest BCUT2D eigenvalue weighted by molar-refractivity contribution is -0.139. The van der Waals surface area contributed by atoms with Gasteiger partial charge >= 0.3 is 0 Å². The Labute approximate surface area is 200 Å². The zero-order valence-electron chi connectivity index (χ0n) is 20.2. The number of ether oxygens (including phenoxy) is 2. The quantitative estimate of drug-likeness (QED) is 0.364. The highest BCUT2D eigenvalue weighted by molar-refractivity contribution is 6.46. The minimum Gasteiger partial charge on any atom is -0.507 e. The van der Waals surface area contributed by atoms with Crippen molar-refractivity contribution in [3.05, 3.63) is 64.7 Å². The minimum atomic E-state index is -0.665. The summed E-state index contributed by atoms with van der Waals surface area (Å²) in [5, 5.41) is 11.3. The number of fused-ring (bicyclic) bond motifs is 1. The van der Waals surface area contributed by atoms with Crippen LogP contribution < -0.4 is 9.47 Å². The zero-order chi connectivity index (χ0) is 24.4. The number of carbonyl (C=O) groups is 2. The molecule has 34 heavy (non-hydrogen) atoms. The fourth-order valence-corrected chi connectivity index (χ4v) is 4.65. The van der Waals surface area contributed by atoms with Crippen LogP contribution >= 0.6 is 0 Å². The number of aliphatic hydroxyl groups is 1. The van der Waals surface area contributed by atoms with Crippen molar-refractivity contribution in [1.82, 2.24) is 9.80 Å². The summed E-state index contributed by atoms with van der Waals surface area (Å²) in [4.78, 5) is 29.9. The molecule has 0 spiro atoms. The fraction of sp³-hybridized carbons (Fsp3) is 0.407. The van der Waals surface area contributed by atoms with Gasteiger partial charge in [-0.15, -0.1) is 0 Å². The van der Waals surface area contributed by atoms with E-state index in [0.717, 1.165) is 29.8 Å². The minimum absolute atomic E-state index is 0.0681. The summed E-state index contributed by atoms with van der Waals surface area (Å²) in [5.74, 6) is 0.0955. The first-order chi connectivity index (χ1) is 16.3. The third-order valence-electron chi connectivity index (χ3n) is 6.22. The van der Waals surface area contributed by atoms with Crippen LogP contribution in [0.15, 0.2) is 48.0 Å². The van der Waals surface area contributed by atoms with E-state index in [0.29, 0.717) is 30.9 Å². The fourth-order valence-electron chi connectivity index (χ4n) is 4.65. The number of carbonyl (C=O) groups excluding carboxylic acids is 2. The van der Waals surface area contributed by atoms with Crippen LogP contribution in [0.1, 0.15) is 43.0 Å². The lowest BCUT2D eigenvalue weighted by Gasteiger charge is -2.26. The Morgan fingerprint density at radius 3 is 2.59 bits per heavy atom. The summed E-state index contributed by atoms with van der Waals surface area (Å²) >= 11 is 0. The molecule has 0 saturated carbocycles. The van der Waals surface area contributed by atoms with Gasteiger partial charge in [-0.25, -0.2) is 0 Å². The second kappa shape index (κ2) is 9.89. The first kappa shape index (κ1) is 23.8. The first-order valence-electron chi connectivity index (χ1n) is 11.8. The van der Waals surface area contributed by atoms with Gasteiger partial charge in [0, 0.05) is 18.5 Å². The molecule has 2 atom stereocenters. The second-order valence-corrected chi connectivity index (χ2v) is 9.11. The van der Waals surface area contributed by atoms with Crippen molar-refractivity contribution in [2.24, 2.45) is 0 Å². The van der Waals surface area contributed by atoms with Crippen LogP contribution in [0.5, 0.6) is 11.5 Å². The predicted molar refractivity (Wildman–Crippen MR) is 130 cm³/mol. The molecule has 1 fully saturated rings. The maximum atomic E-state index is 13.2. The average Bonchev–Trinajstić information content (AvgIpc) is 3.30. The molecule has 2 aromatic carbocycles. The standard InChI is InChI=1S/C27H32N2O5/c1-5-33-21-10-7-18(8-11-21)24-23(26(31)27(32)29(24)14-6-13-28(3)4)25(30)19-9-12-22-20(16-19)15-17(2)34-22/h7-12,16-17,24,30H,5-6,13-15H2,1-4H3/b25-23-. The van der Waals surface area contributed by atoms with Gasteiger partial charge in [0.05, 0.1) is 18.2 Å². The van der Waals surface area contributed by atoms with Crippen molar-refractivity contribution in [3.8, 4) is 11.5 Å². The van der Waals surface area contributed by atoms with Gasteiger partial charge in [0.25, 0.3) is 11.7 Å². The smallest absolute Gasteiger partial charge is 0.295 e. The maximum absolute atomic E-state index is 13.2. The Balaban J connectivity index is 1.76. The van der Waals surface area contributed by atoms with Gasteiger partial charge in [-0.2, -0.15) is 0 Å². The van der Waals surface area contributed by atoms with Crippen LogP contribution in [0.4, 0.5) is 0 Å². The van der Waals surface area contributed by atoms with E-state index < -0.39 is 17.7 Å². The molecule has 1 N–H and O–H groups in total. The molecule has 180 valence electrons. The molecule has 2 heterocycles. The number of hydrogen-bond acceptors (Lipinski definition) is 6. The van der Waals surface area contributed by atoms with E-state index in [1.54, 1.807) is 11.0 Å². The van der Waals surface area contributed by atoms with E-state index in [1.165, 1.54) is 0 Å². The SMILES string of the molecule is CCOc1ccc(C2/C(=C(/O)c3ccc4c(c3)CC(C)O4)C(=O)C(=O)N2CCCN(C)C)cc1. The van der Waals surface area contributed by atoms with E-state index in [2.05, 4.69) is 0 Å². The Bertz CT molecular complexity index is 1110. The number of amides is 1. The van der Waals surface area contributed by atoms with Gasteiger partial charge in [0.1, 0.15) is 23.4 Å². The molecule has 7 nitrogen and oxygen atoms in total. The van der Waals surface area contributed by atoms with Gasteiger partial charge in [0.2, 0.25) is 0 Å². The number of ketones is 1. The normalized spacial score (nSPS) is 21.1. The predicted octanol–water partition coefficient (Wildman–Crippen LogP) is 3.78. The molecule has 7 heteroatoms. The number of likely N-dealkylation sites (tertiary alicyclic amines) is 1. The zero-order valence-corrected chi connectivity index (χ0v) is 20.2. The Morgan fingerprint density at radius 2 is 1.91 bits per heavy atom. The molecular weight excluding hydrogens is 432 g/mol. The van der Waals surface area contributed by atoms with Crippen molar-refractivity contribution in [1.29, 1.82) is 0 Å². The number of benzene rings is 2. The van der Waals surface area contributed by atoms with Crippen molar-refractivity contribution in [3.63, 3.8) is 0 Å². The Hall–Kier alpha value is -3.32. The molecule has 0 aliphatic carbocycles. The van der Waals surface area contributed by atoms with Gasteiger partial charge in [-0.3, -0.25) is 9.59 Å². The van der Waals surface area contributed by atoms with Gasteiger partial charge < -0.3 is 24.4 Å². The number of nitrogens with zero attached hydrogens (tertiary/aromatic N) is 2. The maximum Gasteiger partial charge on any atom is 0.295 e. The highest BCUT2D eigenvalue weighted by atomic mass is 16.5. The number of hydrogen-bond donors (Lipinski definition) is 1. The summed E-state index contributed by atoms with van der Waals surface area (Å²) in [6.45, 7) is 5.64. The monoisotopic (exact) mass is 464 g/mol. The number of rotatable bonds is 8. The van der Waals surface area contributed by atoms with Crippen LogP contribution in [0, 0.1) is 0 Å². The summed E-state index contributed by atoms with van der Waals surface area (Å²) in [6, 6.07) is 12.1. The lowest BCUT2D eigenvalue weighted by Crippen LogP contribution is -2.32. The van der Waals surface area contributed by atoms with Crippen LogP contribution in [0.2, 0.25) is 0 Å². The molecule has 0 radical (unpaired) electrons. The molecule has 0 aromatic heterocycles. The van der Waals surface area contributed by atoms with Crippen molar-refractivity contribution >= 4 is 17.4 Å². The lowest BCUT2D eigenvalue weighted by atomic mass is 9.94. The number of Topliss-reactive ketones (excluding diaryl/α,β-unsaturated/α-hetero) is 1. The van der Waals surface area contributed by atoms with E-state index in [4.69, 9.17) is 9.47 Å². The van der Waals surface area contributed by atoms with Crippen molar-refractivity contribution in [2.75, 3.05) is 33.8 Å². The molecule has 0 bridgehead atoms. The third kappa shape index (κ3) is 4.66. The Kier molecular flexibility index (Phi) is 6.93. The molecule has 2 aliphatic heterocycles. The summed E-state index contributed by atoms with van der Waals surface area (Å²) < 4.78 is 11.3. The molecule has 2 aliphatic rings. The summed E-state index contributed by atoms with van der Waals surface area (Å²) in [5.41, 5.74) is 2.37. The van der Waals surface area contributed by atoms with Gasteiger partial charge in [0.15, 0.2) is 0 Å². The molecule has 1 amide bonds. The van der Waals surface area contributed by atoms with E-state index >= 15 is 0 Å².